The molecular weight excluding hydrogens is 555 g/mol. The molecule has 0 fully saturated rings. The van der Waals surface area contributed by atoms with Gasteiger partial charge in [0.05, 0.1) is 0 Å². The number of allylic oxidation sites excluding steroid dienone is 4. The Kier molecular flexibility index (Phi) is 11.2. The third kappa shape index (κ3) is 5.01. The molecule has 0 aromatic heterocycles. The number of aryl methyl sites for hydroxylation is 4. The Hall–Kier alpha value is -1.06. The first kappa shape index (κ1) is 33.0. The van der Waals surface area contributed by atoms with E-state index >= 15 is 0 Å². The number of benzene rings is 3. The molecule has 36 heavy (non-hydrogen) atoms. The van der Waals surface area contributed by atoms with Crippen molar-refractivity contribution in [3.8, 4) is 0 Å². The second-order valence-corrected chi connectivity index (χ2v) is 15.3. The van der Waals surface area contributed by atoms with Crippen LogP contribution in [-0.4, -0.2) is 8.07 Å². The summed E-state index contributed by atoms with van der Waals surface area (Å²) in [5.74, 6) is 0. The van der Waals surface area contributed by atoms with Crippen LogP contribution in [0.25, 0.3) is 0 Å². The predicted octanol–water partition coefficient (Wildman–Crippen LogP) is -2.67. The Labute approximate surface area is 249 Å². The third-order valence-electron chi connectivity index (χ3n) is 8.06. The van der Waals surface area contributed by atoms with Crippen LogP contribution in [0, 0.1) is 27.7 Å². The molecule has 4 rings (SSSR count). The molecule has 3 aromatic carbocycles. The summed E-state index contributed by atoms with van der Waals surface area (Å²) >= 11 is 2.39. The summed E-state index contributed by atoms with van der Waals surface area (Å²) in [6, 6.07) is 26.1. The van der Waals surface area contributed by atoms with Crippen molar-refractivity contribution in [3.63, 3.8) is 0 Å². The summed E-state index contributed by atoms with van der Waals surface area (Å²) in [5.41, 5.74) is 9.83. The van der Waals surface area contributed by atoms with E-state index in [9.17, 15) is 0 Å². The SMILES string of the molecule is CC1=C(C)C(C)([Si](c2cccc(C)c2)(c2cccc(C)c2)c2cc(C)cc(C)c2)[C]([Ti+3])=C1C.[Cl-].[Cl-].[Cl-]. The second-order valence-electron chi connectivity index (χ2n) is 10.2. The van der Waals surface area contributed by atoms with Crippen molar-refractivity contribution < 1.29 is 57.7 Å². The van der Waals surface area contributed by atoms with Gasteiger partial charge in [-0.1, -0.05) is 0 Å². The monoisotopic (exact) mass is 588 g/mol. The van der Waals surface area contributed by atoms with Gasteiger partial charge in [-0.3, -0.25) is 0 Å². The van der Waals surface area contributed by atoms with Gasteiger partial charge in [0.2, 0.25) is 0 Å². The maximum Gasteiger partial charge on any atom is -1.00 e. The predicted molar refractivity (Wildman–Crippen MR) is 142 cm³/mol. The van der Waals surface area contributed by atoms with E-state index in [1.165, 1.54) is 58.4 Å². The van der Waals surface area contributed by atoms with Crippen LogP contribution in [-0.2, 0) is 20.4 Å². The van der Waals surface area contributed by atoms with Crippen LogP contribution in [0.5, 0.6) is 0 Å². The van der Waals surface area contributed by atoms with Crippen LogP contribution >= 0.6 is 0 Å². The molecule has 0 radical (unpaired) electrons. The minimum atomic E-state index is -2.57. The van der Waals surface area contributed by atoms with E-state index < -0.39 is 8.07 Å². The average Bonchev–Trinajstić information content (AvgIpc) is 2.90. The zero-order chi connectivity index (χ0) is 24.1. The van der Waals surface area contributed by atoms with Crippen molar-refractivity contribution >= 4 is 23.6 Å². The molecule has 0 bridgehead atoms. The van der Waals surface area contributed by atoms with Crippen LogP contribution < -0.4 is 52.8 Å². The number of hydrogen-bond acceptors (Lipinski definition) is 0. The Morgan fingerprint density at radius 2 is 0.972 bits per heavy atom. The summed E-state index contributed by atoms with van der Waals surface area (Å²) in [6.07, 6.45) is 0. The molecule has 0 saturated carbocycles. The smallest absolute Gasteiger partial charge is 1.00 e. The van der Waals surface area contributed by atoms with Crippen molar-refractivity contribution in [2.24, 2.45) is 0 Å². The maximum absolute atomic E-state index is 2.57. The molecule has 1 unspecified atom stereocenters. The Morgan fingerprint density at radius 1 is 0.556 bits per heavy atom. The van der Waals surface area contributed by atoms with Gasteiger partial charge in [-0.25, -0.2) is 0 Å². The van der Waals surface area contributed by atoms with Gasteiger partial charge in [0.15, 0.2) is 0 Å². The summed E-state index contributed by atoms with van der Waals surface area (Å²) in [6.45, 7) is 18.6. The van der Waals surface area contributed by atoms with E-state index in [0.29, 0.717) is 0 Å². The van der Waals surface area contributed by atoms with Crippen molar-refractivity contribution in [3.05, 3.63) is 110 Å². The fraction of sp³-hybridized carbons (Fsp3) is 0.290. The first-order chi connectivity index (χ1) is 15.5. The van der Waals surface area contributed by atoms with Crippen molar-refractivity contribution in [2.45, 2.75) is 60.4 Å². The topological polar surface area (TPSA) is 0 Å². The molecule has 188 valence electrons. The van der Waals surface area contributed by atoms with Gasteiger partial charge in [0.1, 0.15) is 0 Å². The molecule has 0 heterocycles. The van der Waals surface area contributed by atoms with Crippen molar-refractivity contribution in [2.75, 3.05) is 0 Å². The van der Waals surface area contributed by atoms with Gasteiger partial charge in [-0.15, -0.1) is 0 Å². The fourth-order valence-electron chi connectivity index (χ4n) is 6.19. The Morgan fingerprint density at radius 3 is 1.33 bits per heavy atom. The standard InChI is InChI=1S/C31H35Si.3ClH.Ti/c1-21-11-9-13-28(16-21)32(29-14-10-12-22(2)17-29,30-18-23(3)15-24(4)19-30)31(8)20-25(5)26(6)27(31)7;;;;/h9-19H,1-8H3;3*1H;/q;;;;+3/p-3. The van der Waals surface area contributed by atoms with Crippen LogP contribution in [0.4, 0.5) is 0 Å². The average molecular weight is 590 g/mol. The first-order valence-electron chi connectivity index (χ1n) is 11.9. The van der Waals surface area contributed by atoms with Gasteiger partial charge in [0.25, 0.3) is 0 Å². The molecule has 1 atom stereocenters. The number of hydrogen-bond donors (Lipinski definition) is 0. The summed E-state index contributed by atoms with van der Waals surface area (Å²) < 4.78 is 1.53. The zero-order valence-corrected chi connectivity index (χ0v) is 27.3. The Balaban J connectivity index is 0.00000216. The van der Waals surface area contributed by atoms with E-state index in [0.717, 1.165) is 0 Å². The van der Waals surface area contributed by atoms with Gasteiger partial charge in [-0.05, 0) is 0 Å². The molecule has 1 aliphatic carbocycles. The van der Waals surface area contributed by atoms with Gasteiger partial charge in [-0.2, -0.15) is 0 Å². The molecule has 5 heteroatoms. The normalized spacial score (nSPS) is 17.4. The summed E-state index contributed by atoms with van der Waals surface area (Å²) in [5, 5.41) is 4.46. The van der Waals surface area contributed by atoms with Crippen LogP contribution in [0.1, 0.15) is 49.9 Å². The zero-order valence-electron chi connectivity index (χ0n) is 22.5. The maximum atomic E-state index is 2.55. The van der Waals surface area contributed by atoms with E-state index in [1.807, 2.05) is 0 Å². The minimum Gasteiger partial charge on any atom is -1.00 e. The first-order valence-corrected chi connectivity index (χ1v) is 14.7. The summed E-state index contributed by atoms with van der Waals surface area (Å²) in [4.78, 5) is 0. The number of halogens is 3. The molecule has 0 saturated heterocycles. The molecule has 0 nitrogen and oxygen atoms in total. The van der Waals surface area contributed by atoms with Gasteiger partial charge in [0, 0.05) is 0 Å². The van der Waals surface area contributed by atoms with E-state index in [2.05, 4.69) is 143 Å². The van der Waals surface area contributed by atoms with Gasteiger partial charge < -0.3 is 37.2 Å². The molecule has 1 aliphatic rings. The van der Waals surface area contributed by atoms with Crippen molar-refractivity contribution in [1.82, 2.24) is 0 Å². The van der Waals surface area contributed by atoms with E-state index in [-0.39, 0.29) is 42.3 Å². The summed E-state index contributed by atoms with van der Waals surface area (Å²) in [7, 11) is -2.57. The van der Waals surface area contributed by atoms with Crippen molar-refractivity contribution in [1.29, 1.82) is 0 Å². The molecule has 0 spiro atoms. The van der Waals surface area contributed by atoms with Crippen LogP contribution in [0.2, 0.25) is 5.04 Å². The molecule has 0 aliphatic heterocycles. The second kappa shape index (κ2) is 12.2. The van der Waals surface area contributed by atoms with E-state index in [1.54, 1.807) is 0 Å². The minimum absolute atomic E-state index is 0. The fourth-order valence-corrected chi connectivity index (χ4v) is 14.2. The third-order valence-corrected chi connectivity index (χ3v) is 15.4. The molecule has 0 N–H and O–H groups in total. The molecule has 3 aromatic rings. The molecular formula is C31H35Cl3SiTi. The molecule has 0 amide bonds. The Bertz CT molecular complexity index is 1230. The largest absolute Gasteiger partial charge is 1.00 e. The van der Waals surface area contributed by atoms with Crippen LogP contribution in [0.15, 0.2) is 87.3 Å². The van der Waals surface area contributed by atoms with Gasteiger partial charge >= 0.3 is 214 Å². The van der Waals surface area contributed by atoms with Crippen LogP contribution in [0.3, 0.4) is 0 Å². The number of rotatable bonds is 4. The quantitative estimate of drug-likeness (QED) is 0.230. The van der Waals surface area contributed by atoms with E-state index in [4.69, 9.17) is 0 Å².